The number of hydrogen-bond acceptors (Lipinski definition) is 7. The molecule has 0 bridgehead atoms. The summed E-state index contributed by atoms with van der Waals surface area (Å²) in [7, 11) is 0. The van der Waals surface area contributed by atoms with Gasteiger partial charge < -0.3 is 20.6 Å². The lowest BCUT2D eigenvalue weighted by molar-refractivity contribution is -0.137. The molecular weight excluding hydrogens is 526 g/mol. The highest BCUT2D eigenvalue weighted by molar-refractivity contribution is 7.17. The summed E-state index contributed by atoms with van der Waals surface area (Å²) in [5, 5.41) is 15.2. The number of amides is 2. The zero-order chi connectivity index (χ0) is 27.8. The number of anilines is 1. The molecule has 1 atom stereocenters. The molecule has 208 valence electrons. The molecule has 13 heteroatoms. The first-order valence-corrected chi connectivity index (χ1v) is 13.3. The van der Waals surface area contributed by atoms with E-state index in [0.717, 1.165) is 25.1 Å². The fourth-order valence-corrected chi connectivity index (χ4v) is 5.21. The van der Waals surface area contributed by atoms with Crippen molar-refractivity contribution in [2.24, 2.45) is 5.92 Å². The lowest BCUT2D eigenvalue weighted by Crippen LogP contribution is -2.39. The van der Waals surface area contributed by atoms with Gasteiger partial charge in [-0.25, -0.2) is 14.4 Å². The van der Waals surface area contributed by atoms with Gasteiger partial charge in [0.2, 0.25) is 0 Å². The van der Waals surface area contributed by atoms with Crippen LogP contribution in [0.15, 0.2) is 12.3 Å². The smallest absolute Gasteiger partial charge is 0.389 e. The third kappa shape index (κ3) is 6.79. The van der Waals surface area contributed by atoms with Gasteiger partial charge in [0.15, 0.2) is 5.01 Å². The van der Waals surface area contributed by atoms with Crippen molar-refractivity contribution in [3.05, 3.63) is 28.5 Å². The van der Waals surface area contributed by atoms with Crippen LogP contribution in [0, 0.1) is 5.92 Å². The van der Waals surface area contributed by atoms with Gasteiger partial charge in [-0.2, -0.15) is 13.2 Å². The summed E-state index contributed by atoms with van der Waals surface area (Å²) in [6, 6.07) is 0.865. The van der Waals surface area contributed by atoms with E-state index in [1.165, 1.54) is 18.7 Å². The topological polar surface area (TPSA) is 107 Å². The van der Waals surface area contributed by atoms with Crippen molar-refractivity contribution < 1.29 is 32.3 Å². The quantitative estimate of drug-likeness (QED) is 0.413. The van der Waals surface area contributed by atoms with Gasteiger partial charge in [-0.1, -0.05) is 0 Å². The third-order valence-electron chi connectivity index (χ3n) is 6.58. The normalized spacial score (nSPS) is 17.8. The number of aromatic nitrogens is 2. The molecule has 2 aromatic heterocycles. The van der Waals surface area contributed by atoms with Crippen LogP contribution in [0.5, 0.6) is 0 Å². The first-order valence-electron chi connectivity index (χ1n) is 12.5. The number of thiazole rings is 1. The number of carbonyl (C=O) groups is 2. The molecule has 3 heterocycles. The second kappa shape index (κ2) is 10.8. The zero-order valence-corrected chi connectivity index (χ0v) is 22.2. The number of halogens is 4. The lowest BCUT2D eigenvalue weighted by Gasteiger charge is -2.28. The van der Waals surface area contributed by atoms with E-state index in [4.69, 9.17) is 0 Å². The Morgan fingerprint density at radius 3 is 2.45 bits per heavy atom. The highest BCUT2D eigenvalue weighted by Gasteiger charge is 2.38. The number of nitrogens with zero attached hydrogens (tertiary/aromatic N) is 3. The number of pyridine rings is 1. The van der Waals surface area contributed by atoms with Crippen LogP contribution in [0.2, 0.25) is 0 Å². The molecule has 3 N–H and O–H groups in total. The van der Waals surface area contributed by atoms with E-state index in [9.17, 15) is 32.3 Å². The molecule has 0 spiro atoms. The van der Waals surface area contributed by atoms with Gasteiger partial charge in [-0.3, -0.25) is 9.59 Å². The number of nitrogens with one attached hydrogen (secondary N) is 2. The van der Waals surface area contributed by atoms with Crippen molar-refractivity contribution in [2.45, 2.75) is 70.4 Å². The molecule has 8 nitrogen and oxygen atoms in total. The van der Waals surface area contributed by atoms with Crippen LogP contribution < -0.4 is 10.6 Å². The van der Waals surface area contributed by atoms with Crippen molar-refractivity contribution in [1.82, 2.24) is 20.2 Å². The number of hydrogen-bond donors (Lipinski definition) is 3. The Morgan fingerprint density at radius 1 is 1.21 bits per heavy atom. The van der Waals surface area contributed by atoms with Crippen LogP contribution in [0.3, 0.4) is 0 Å². The van der Waals surface area contributed by atoms with Gasteiger partial charge in [0.25, 0.3) is 11.8 Å². The number of aliphatic hydroxyl groups is 1. The number of alkyl halides is 4. The first-order chi connectivity index (χ1) is 17.7. The van der Waals surface area contributed by atoms with Gasteiger partial charge in [0, 0.05) is 37.4 Å². The third-order valence-corrected chi connectivity index (χ3v) is 7.66. The van der Waals surface area contributed by atoms with Crippen LogP contribution >= 0.6 is 11.3 Å². The number of carbonyl (C=O) groups excluding carboxylic acids is 2. The lowest BCUT2D eigenvalue weighted by atomic mass is 10.0. The Morgan fingerprint density at radius 2 is 1.87 bits per heavy atom. The molecule has 4 rings (SSSR count). The van der Waals surface area contributed by atoms with Gasteiger partial charge in [0.05, 0.1) is 16.0 Å². The van der Waals surface area contributed by atoms with E-state index >= 15 is 0 Å². The summed E-state index contributed by atoms with van der Waals surface area (Å²) in [5.74, 6) is -0.971. The minimum Gasteiger partial charge on any atom is -0.389 e. The number of piperidine rings is 1. The molecular formula is C25H31F4N5O3S. The Balaban J connectivity index is 1.74. The van der Waals surface area contributed by atoms with Crippen LogP contribution in [-0.4, -0.2) is 69.2 Å². The van der Waals surface area contributed by atoms with Gasteiger partial charge in [0.1, 0.15) is 17.7 Å². The van der Waals surface area contributed by atoms with E-state index in [1.807, 2.05) is 6.92 Å². The van der Waals surface area contributed by atoms with Crippen LogP contribution in [0.1, 0.15) is 72.3 Å². The van der Waals surface area contributed by atoms with Crippen molar-refractivity contribution >= 4 is 29.0 Å². The van der Waals surface area contributed by atoms with Crippen LogP contribution in [0.25, 0.3) is 10.4 Å². The van der Waals surface area contributed by atoms with Crippen molar-refractivity contribution in [2.75, 3.05) is 25.0 Å². The molecule has 0 radical (unpaired) electrons. The SMILES string of the molecule is C[C@H](Nc1cc(C(F)(F)F)c(-c2sc(C(=O)NCC(C)(C)O)nc2C(=O)N2CCC(F)CC2)cn1)C1CC1. The maximum Gasteiger partial charge on any atom is 0.417 e. The summed E-state index contributed by atoms with van der Waals surface area (Å²) >= 11 is 0.642. The molecule has 2 aliphatic rings. The molecule has 38 heavy (non-hydrogen) atoms. The average molecular weight is 558 g/mol. The molecule has 0 unspecified atom stereocenters. The predicted molar refractivity (Wildman–Crippen MR) is 135 cm³/mol. The zero-order valence-electron chi connectivity index (χ0n) is 21.4. The van der Waals surface area contributed by atoms with Gasteiger partial charge in [-0.15, -0.1) is 11.3 Å². The highest BCUT2D eigenvalue weighted by atomic mass is 32.1. The van der Waals surface area contributed by atoms with Gasteiger partial charge >= 0.3 is 6.18 Å². The standard InChI is InChI=1S/C25H31F4N5O3S/c1-13(14-4-5-14)32-18-10-17(25(27,28)29)16(11-30-18)20-19(23(36)34-8-6-15(26)7-9-34)33-22(38-20)21(35)31-12-24(2,3)37/h10-11,13-15,37H,4-9,12H2,1-3H3,(H,30,32)(H,31,35)/t13-/m0/s1. The monoisotopic (exact) mass is 557 g/mol. The summed E-state index contributed by atoms with van der Waals surface area (Å²) in [4.78, 5) is 35.6. The predicted octanol–water partition coefficient (Wildman–Crippen LogP) is 4.51. The van der Waals surface area contributed by atoms with Crippen molar-refractivity contribution in [1.29, 1.82) is 0 Å². The maximum atomic E-state index is 14.3. The van der Waals surface area contributed by atoms with E-state index in [-0.39, 0.29) is 65.5 Å². The van der Waals surface area contributed by atoms with Gasteiger partial charge in [-0.05, 0) is 58.4 Å². The summed E-state index contributed by atoms with van der Waals surface area (Å²) < 4.78 is 56.4. The largest absolute Gasteiger partial charge is 0.417 e. The Bertz CT molecular complexity index is 1180. The molecule has 2 fully saturated rings. The first kappa shape index (κ1) is 28.2. The minimum atomic E-state index is -4.78. The second-order valence-corrected chi connectivity index (χ2v) is 11.5. The second-order valence-electron chi connectivity index (χ2n) is 10.5. The molecule has 1 saturated heterocycles. The van der Waals surface area contributed by atoms with E-state index < -0.39 is 35.3 Å². The Kier molecular flexibility index (Phi) is 7.99. The van der Waals surface area contributed by atoms with Crippen molar-refractivity contribution in [3.63, 3.8) is 0 Å². The van der Waals surface area contributed by atoms with Crippen molar-refractivity contribution in [3.8, 4) is 10.4 Å². The highest BCUT2D eigenvalue weighted by Crippen LogP contribution is 2.42. The van der Waals surface area contributed by atoms with E-state index in [0.29, 0.717) is 17.3 Å². The molecule has 2 amide bonds. The molecule has 2 aromatic rings. The molecule has 1 aliphatic carbocycles. The number of rotatable bonds is 8. The number of likely N-dealkylation sites (tertiary alicyclic amines) is 1. The molecule has 1 aliphatic heterocycles. The Hall–Kier alpha value is -2.80. The molecule has 1 saturated carbocycles. The summed E-state index contributed by atoms with van der Waals surface area (Å²) in [5.41, 5.74) is -2.94. The summed E-state index contributed by atoms with van der Waals surface area (Å²) in [6.07, 6.45) is -2.57. The van der Waals surface area contributed by atoms with Crippen LogP contribution in [0.4, 0.5) is 23.4 Å². The fraction of sp³-hybridized carbons (Fsp3) is 0.600. The minimum absolute atomic E-state index is 0.0421. The Labute approximate surface area is 221 Å². The van der Waals surface area contributed by atoms with E-state index in [1.54, 1.807) is 0 Å². The van der Waals surface area contributed by atoms with E-state index in [2.05, 4.69) is 20.6 Å². The summed E-state index contributed by atoms with van der Waals surface area (Å²) in [6.45, 7) is 4.88. The average Bonchev–Trinajstić information content (AvgIpc) is 3.60. The van der Waals surface area contributed by atoms with Crippen LogP contribution in [-0.2, 0) is 6.18 Å². The molecule has 0 aromatic carbocycles. The fourth-order valence-electron chi connectivity index (χ4n) is 4.21. The maximum absolute atomic E-state index is 14.3.